The molecule has 0 bridgehead atoms. The van der Waals surface area contributed by atoms with Gasteiger partial charge in [0.1, 0.15) is 0 Å². The van der Waals surface area contributed by atoms with E-state index in [1.807, 2.05) is 5.38 Å². The van der Waals surface area contributed by atoms with Gasteiger partial charge in [0, 0.05) is 12.5 Å². The molecular formula is C14H19NO3S. The Morgan fingerprint density at radius 2 is 2.16 bits per heavy atom. The van der Waals surface area contributed by atoms with E-state index >= 15 is 0 Å². The minimum atomic E-state index is -0.768. The van der Waals surface area contributed by atoms with Gasteiger partial charge < -0.3 is 10.4 Å². The Kier molecular flexibility index (Phi) is 4.96. The molecule has 0 saturated heterocycles. The van der Waals surface area contributed by atoms with E-state index in [0.717, 1.165) is 19.3 Å². The molecule has 0 radical (unpaired) electrons. The van der Waals surface area contributed by atoms with Crippen molar-refractivity contribution in [3.05, 3.63) is 22.4 Å². The third-order valence-corrected chi connectivity index (χ3v) is 4.42. The molecule has 2 N–H and O–H groups in total. The first kappa shape index (κ1) is 14.1. The molecule has 1 saturated carbocycles. The van der Waals surface area contributed by atoms with E-state index in [0.29, 0.717) is 19.4 Å². The molecule has 0 aromatic carbocycles. The smallest absolute Gasteiger partial charge is 0.306 e. The molecule has 0 spiro atoms. The zero-order valence-corrected chi connectivity index (χ0v) is 11.6. The summed E-state index contributed by atoms with van der Waals surface area (Å²) in [5.41, 5.74) is 1.23. The van der Waals surface area contributed by atoms with E-state index < -0.39 is 5.97 Å². The van der Waals surface area contributed by atoms with Crippen LogP contribution in [0.5, 0.6) is 0 Å². The van der Waals surface area contributed by atoms with E-state index in [1.165, 1.54) is 5.56 Å². The summed E-state index contributed by atoms with van der Waals surface area (Å²) in [5.74, 6) is -1.23. The topological polar surface area (TPSA) is 66.4 Å². The van der Waals surface area contributed by atoms with Crippen molar-refractivity contribution < 1.29 is 14.7 Å². The number of hydrogen-bond acceptors (Lipinski definition) is 3. The molecule has 1 aromatic heterocycles. The summed E-state index contributed by atoms with van der Waals surface area (Å²) in [4.78, 5) is 23.0. The summed E-state index contributed by atoms with van der Waals surface area (Å²) in [7, 11) is 0. The van der Waals surface area contributed by atoms with Crippen molar-refractivity contribution in [1.82, 2.24) is 5.32 Å². The fraction of sp³-hybridized carbons (Fsp3) is 0.571. The van der Waals surface area contributed by atoms with Crippen LogP contribution in [-0.4, -0.2) is 23.5 Å². The minimum absolute atomic E-state index is 0.0150. The molecule has 1 heterocycles. The molecule has 2 atom stereocenters. The van der Waals surface area contributed by atoms with Gasteiger partial charge in [-0.2, -0.15) is 11.3 Å². The quantitative estimate of drug-likeness (QED) is 0.870. The number of carboxylic acid groups (broad SMARTS) is 1. The first-order valence-electron chi connectivity index (χ1n) is 6.68. The molecule has 4 nitrogen and oxygen atoms in total. The van der Waals surface area contributed by atoms with Gasteiger partial charge in [0.15, 0.2) is 0 Å². The number of hydrogen-bond donors (Lipinski definition) is 2. The molecule has 104 valence electrons. The first-order chi connectivity index (χ1) is 9.16. The second-order valence-corrected chi connectivity index (χ2v) is 5.85. The van der Waals surface area contributed by atoms with E-state index in [-0.39, 0.29) is 17.7 Å². The van der Waals surface area contributed by atoms with Crippen LogP contribution >= 0.6 is 11.3 Å². The van der Waals surface area contributed by atoms with Crippen LogP contribution in [0.15, 0.2) is 16.8 Å². The van der Waals surface area contributed by atoms with Crippen LogP contribution in [0, 0.1) is 11.8 Å². The van der Waals surface area contributed by atoms with E-state index in [4.69, 9.17) is 5.11 Å². The van der Waals surface area contributed by atoms with Crippen molar-refractivity contribution in [2.24, 2.45) is 11.8 Å². The van der Waals surface area contributed by atoms with Crippen LogP contribution in [-0.2, 0) is 16.0 Å². The van der Waals surface area contributed by atoms with Gasteiger partial charge in [-0.15, -0.1) is 0 Å². The van der Waals surface area contributed by atoms with E-state index in [1.54, 1.807) is 11.3 Å². The Morgan fingerprint density at radius 3 is 2.84 bits per heavy atom. The standard InChI is InChI=1S/C14H19NO3S/c16-13(15-6-4-10-5-7-19-9-10)11-2-1-3-12(8-11)14(17)18/h5,7,9,11-12H,1-4,6,8H2,(H,15,16)(H,17,18). The van der Waals surface area contributed by atoms with Crippen molar-refractivity contribution >= 4 is 23.2 Å². The van der Waals surface area contributed by atoms with Gasteiger partial charge in [-0.25, -0.2) is 0 Å². The van der Waals surface area contributed by atoms with Crippen molar-refractivity contribution in [3.8, 4) is 0 Å². The molecule has 1 aliphatic rings. The number of carbonyl (C=O) groups is 2. The predicted octanol–water partition coefficient (Wildman–Crippen LogP) is 2.30. The van der Waals surface area contributed by atoms with Crippen molar-refractivity contribution in [1.29, 1.82) is 0 Å². The highest BCUT2D eigenvalue weighted by molar-refractivity contribution is 7.07. The molecule has 1 aromatic rings. The Hall–Kier alpha value is -1.36. The van der Waals surface area contributed by atoms with Gasteiger partial charge >= 0.3 is 5.97 Å². The Balaban J connectivity index is 1.74. The van der Waals surface area contributed by atoms with Gasteiger partial charge in [0.05, 0.1) is 5.92 Å². The van der Waals surface area contributed by atoms with E-state index in [2.05, 4.69) is 16.8 Å². The molecule has 1 amide bonds. The van der Waals surface area contributed by atoms with Crippen molar-refractivity contribution in [2.45, 2.75) is 32.1 Å². The average Bonchev–Trinajstić information content (AvgIpc) is 2.92. The number of rotatable bonds is 5. The largest absolute Gasteiger partial charge is 0.481 e. The van der Waals surface area contributed by atoms with Gasteiger partial charge in [-0.1, -0.05) is 6.42 Å². The average molecular weight is 281 g/mol. The van der Waals surface area contributed by atoms with Crippen LogP contribution < -0.4 is 5.32 Å². The normalized spacial score (nSPS) is 22.9. The Bertz CT molecular complexity index is 430. The number of thiophene rings is 1. The van der Waals surface area contributed by atoms with Crippen LogP contribution in [0.4, 0.5) is 0 Å². The number of amides is 1. The number of carboxylic acids is 1. The second-order valence-electron chi connectivity index (χ2n) is 5.07. The highest BCUT2D eigenvalue weighted by atomic mass is 32.1. The molecule has 1 fully saturated rings. The zero-order valence-electron chi connectivity index (χ0n) is 10.8. The SMILES string of the molecule is O=C(O)C1CCCC(C(=O)NCCc2ccsc2)C1. The fourth-order valence-electron chi connectivity index (χ4n) is 2.56. The third kappa shape index (κ3) is 4.06. The van der Waals surface area contributed by atoms with Crippen LogP contribution in [0.2, 0.25) is 0 Å². The molecule has 2 rings (SSSR count). The maximum absolute atomic E-state index is 12.0. The summed E-state index contributed by atoms with van der Waals surface area (Å²) >= 11 is 1.65. The van der Waals surface area contributed by atoms with Crippen LogP contribution in [0.1, 0.15) is 31.2 Å². The monoisotopic (exact) mass is 281 g/mol. The summed E-state index contributed by atoms with van der Waals surface area (Å²) in [6, 6.07) is 2.05. The van der Waals surface area contributed by atoms with Crippen LogP contribution in [0.25, 0.3) is 0 Å². The van der Waals surface area contributed by atoms with Gasteiger partial charge in [-0.05, 0) is 48.1 Å². The Labute approximate surface area is 116 Å². The lowest BCUT2D eigenvalue weighted by Crippen LogP contribution is -2.36. The van der Waals surface area contributed by atoms with Gasteiger partial charge in [0.2, 0.25) is 5.91 Å². The first-order valence-corrected chi connectivity index (χ1v) is 7.62. The number of carbonyl (C=O) groups excluding carboxylic acids is 1. The van der Waals surface area contributed by atoms with Crippen molar-refractivity contribution in [2.75, 3.05) is 6.54 Å². The lowest BCUT2D eigenvalue weighted by atomic mass is 9.81. The molecular weight excluding hydrogens is 262 g/mol. The number of aliphatic carboxylic acids is 1. The molecule has 19 heavy (non-hydrogen) atoms. The molecule has 1 aliphatic carbocycles. The lowest BCUT2D eigenvalue weighted by molar-refractivity contribution is -0.144. The lowest BCUT2D eigenvalue weighted by Gasteiger charge is -2.25. The molecule has 5 heteroatoms. The molecule has 0 aliphatic heterocycles. The summed E-state index contributed by atoms with van der Waals surface area (Å²) < 4.78 is 0. The van der Waals surface area contributed by atoms with E-state index in [9.17, 15) is 9.59 Å². The van der Waals surface area contributed by atoms with Crippen molar-refractivity contribution in [3.63, 3.8) is 0 Å². The van der Waals surface area contributed by atoms with Gasteiger partial charge in [-0.3, -0.25) is 9.59 Å². The zero-order chi connectivity index (χ0) is 13.7. The highest BCUT2D eigenvalue weighted by Crippen LogP contribution is 2.29. The summed E-state index contributed by atoms with van der Waals surface area (Å²) in [5, 5.41) is 16.0. The summed E-state index contributed by atoms with van der Waals surface area (Å²) in [6.07, 6.45) is 3.67. The second kappa shape index (κ2) is 6.70. The maximum atomic E-state index is 12.0. The maximum Gasteiger partial charge on any atom is 0.306 e. The van der Waals surface area contributed by atoms with Gasteiger partial charge in [0.25, 0.3) is 0 Å². The van der Waals surface area contributed by atoms with Crippen LogP contribution in [0.3, 0.4) is 0 Å². The summed E-state index contributed by atoms with van der Waals surface area (Å²) in [6.45, 7) is 0.629. The highest BCUT2D eigenvalue weighted by Gasteiger charge is 2.30. The fourth-order valence-corrected chi connectivity index (χ4v) is 3.26. The predicted molar refractivity (Wildman–Crippen MR) is 74.1 cm³/mol. The minimum Gasteiger partial charge on any atom is -0.481 e. The number of nitrogens with one attached hydrogen (secondary N) is 1. The Morgan fingerprint density at radius 1 is 1.37 bits per heavy atom. The third-order valence-electron chi connectivity index (χ3n) is 3.69. The molecule has 2 unspecified atom stereocenters.